The van der Waals surface area contributed by atoms with Crippen molar-refractivity contribution >= 4 is 34.7 Å². The maximum atomic E-state index is 10.9. The van der Waals surface area contributed by atoms with E-state index in [9.17, 15) is 10.1 Å². The van der Waals surface area contributed by atoms with Gasteiger partial charge in [0.15, 0.2) is 0 Å². The molecule has 0 aliphatic heterocycles. The summed E-state index contributed by atoms with van der Waals surface area (Å²) in [4.78, 5) is 14.6. The van der Waals surface area contributed by atoms with Crippen molar-refractivity contribution in [1.82, 2.24) is 4.98 Å². The lowest BCUT2D eigenvalue weighted by Crippen LogP contribution is -1.95. The van der Waals surface area contributed by atoms with Crippen molar-refractivity contribution in [3.63, 3.8) is 0 Å². The van der Waals surface area contributed by atoms with Crippen LogP contribution in [0.1, 0.15) is 5.56 Å². The summed E-state index contributed by atoms with van der Waals surface area (Å²) in [6, 6.07) is 8.10. The predicted molar refractivity (Wildman–Crippen MR) is 76.3 cm³/mol. The van der Waals surface area contributed by atoms with Gasteiger partial charge in [-0.25, -0.2) is 4.98 Å². The van der Waals surface area contributed by atoms with Crippen LogP contribution in [0.4, 0.5) is 11.4 Å². The van der Waals surface area contributed by atoms with E-state index in [2.05, 4.69) is 4.98 Å². The number of nitro benzene ring substituents is 1. The molecule has 0 radical (unpaired) electrons. The number of anilines is 1. The summed E-state index contributed by atoms with van der Waals surface area (Å²) in [6.07, 6.45) is 1.63. The molecule has 0 atom stereocenters. The quantitative estimate of drug-likeness (QED) is 0.530. The molecule has 1 heterocycles. The molecule has 2 N–H and O–H groups in total. The molecule has 2 aromatic rings. The Balaban J connectivity index is 2.20. The summed E-state index contributed by atoms with van der Waals surface area (Å²) in [6.45, 7) is 0. The molecule has 2 rings (SSSR count). The normalized spacial score (nSPS) is 10.4. The van der Waals surface area contributed by atoms with Crippen molar-refractivity contribution in [3.8, 4) is 0 Å². The number of thioether (sulfide) groups is 1. The summed E-state index contributed by atoms with van der Waals surface area (Å²) in [5.41, 5.74) is 6.92. The fourth-order valence-electron chi connectivity index (χ4n) is 1.50. The molecule has 0 amide bonds. The Morgan fingerprint density at radius 3 is 2.89 bits per heavy atom. The first kappa shape index (κ1) is 13.6. The lowest BCUT2D eigenvalue weighted by Gasteiger charge is -2.05. The zero-order valence-electron chi connectivity index (χ0n) is 9.75. The highest BCUT2D eigenvalue weighted by molar-refractivity contribution is 7.98. The Labute approximate surface area is 118 Å². The molecule has 98 valence electrons. The minimum absolute atomic E-state index is 0.00880. The van der Waals surface area contributed by atoms with E-state index in [0.29, 0.717) is 27.1 Å². The molecule has 0 spiro atoms. The number of hydrogen-bond acceptors (Lipinski definition) is 5. The van der Waals surface area contributed by atoms with Gasteiger partial charge in [0.05, 0.1) is 10.6 Å². The maximum absolute atomic E-state index is 10.9. The van der Waals surface area contributed by atoms with Crippen molar-refractivity contribution in [2.75, 3.05) is 5.73 Å². The number of aromatic nitrogens is 1. The van der Waals surface area contributed by atoms with Crippen LogP contribution in [0.15, 0.2) is 41.6 Å². The van der Waals surface area contributed by atoms with Crippen LogP contribution < -0.4 is 5.73 Å². The van der Waals surface area contributed by atoms with Gasteiger partial charge in [-0.3, -0.25) is 10.1 Å². The number of nitrogen functional groups attached to an aromatic ring is 1. The van der Waals surface area contributed by atoms with Gasteiger partial charge in [-0.1, -0.05) is 23.4 Å². The van der Waals surface area contributed by atoms with Gasteiger partial charge in [0.2, 0.25) is 0 Å². The lowest BCUT2D eigenvalue weighted by atomic mass is 10.2. The van der Waals surface area contributed by atoms with Crippen LogP contribution in [0, 0.1) is 10.1 Å². The summed E-state index contributed by atoms with van der Waals surface area (Å²) >= 11 is 7.11. The topological polar surface area (TPSA) is 82.0 Å². The fraction of sp³-hybridized carbons (Fsp3) is 0.0833. The first-order chi connectivity index (χ1) is 9.08. The summed E-state index contributed by atoms with van der Waals surface area (Å²) in [5.74, 6) is 0.411. The molecule has 0 unspecified atom stereocenters. The Bertz CT molecular complexity index is 622. The van der Waals surface area contributed by atoms with E-state index in [-0.39, 0.29) is 5.69 Å². The van der Waals surface area contributed by atoms with Crippen LogP contribution in [0.5, 0.6) is 0 Å². The Kier molecular flexibility index (Phi) is 4.24. The molecular formula is C12H10ClN3O2S. The fourth-order valence-corrected chi connectivity index (χ4v) is 2.57. The van der Waals surface area contributed by atoms with Gasteiger partial charge >= 0.3 is 0 Å². The molecule has 0 saturated heterocycles. The average Bonchev–Trinajstić information content (AvgIpc) is 2.38. The molecular weight excluding hydrogens is 286 g/mol. The molecule has 1 aromatic carbocycles. The second-order valence-corrected chi connectivity index (χ2v) is 5.12. The highest BCUT2D eigenvalue weighted by atomic mass is 35.5. The number of hydrogen-bond donors (Lipinski definition) is 1. The second-order valence-electron chi connectivity index (χ2n) is 3.72. The predicted octanol–water partition coefficient (Wildman–Crippen LogP) is 3.52. The smallest absolute Gasteiger partial charge is 0.274 e. The van der Waals surface area contributed by atoms with E-state index in [1.807, 2.05) is 0 Å². The van der Waals surface area contributed by atoms with Crippen LogP contribution in [0.3, 0.4) is 0 Å². The van der Waals surface area contributed by atoms with E-state index in [1.165, 1.54) is 17.8 Å². The van der Waals surface area contributed by atoms with Crippen molar-refractivity contribution < 1.29 is 4.92 Å². The molecule has 0 aliphatic rings. The Morgan fingerprint density at radius 2 is 2.21 bits per heavy atom. The van der Waals surface area contributed by atoms with E-state index in [4.69, 9.17) is 17.3 Å². The second kappa shape index (κ2) is 5.90. The van der Waals surface area contributed by atoms with Gasteiger partial charge in [-0.15, -0.1) is 0 Å². The van der Waals surface area contributed by atoms with E-state index < -0.39 is 4.92 Å². The molecule has 1 aromatic heterocycles. The van der Waals surface area contributed by atoms with Gasteiger partial charge in [0, 0.05) is 28.6 Å². The number of benzene rings is 1. The minimum atomic E-state index is -0.441. The largest absolute Gasteiger partial charge is 0.397 e. The third kappa shape index (κ3) is 3.36. The molecule has 0 bridgehead atoms. The van der Waals surface area contributed by atoms with Gasteiger partial charge in [-0.05, 0) is 24.3 Å². The van der Waals surface area contributed by atoms with E-state index >= 15 is 0 Å². The highest BCUT2D eigenvalue weighted by Crippen LogP contribution is 2.31. The van der Waals surface area contributed by atoms with Crippen LogP contribution in [-0.4, -0.2) is 9.91 Å². The van der Waals surface area contributed by atoms with Crippen molar-refractivity contribution in [3.05, 3.63) is 57.2 Å². The van der Waals surface area contributed by atoms with Gasteiger partial charge in [0.25, 0.3) is 5.69 Å². The molecule has 0 saturated carbocycles. The van der Waals surface area contributed by atoms with E-state index in [0.717, 1.165) is 0 Å². The number of halogens is 1. The molecule has 19 heavy (non-hydrogen) atoms. The van der Waals surface area contributed by atoms with Crippen LogP contribution in [0.25, 0.3) is 0 Å². The zero-order valence-corrected chi connectivity index (χ0v) is 11.3. The van der Waals surface area contributed by atoms with Crippen molar-refractivity contribution in [1.29, 1.82) is 0 Å². The Hall–Kier alpha value is -1.79. The molecule has 5 nitrogen and oxygen atoms in total. The maximum Gasteiger partial charge on any atom is 0.274 e. The molecule has 0 aliphatic carbocycles. The van der Waals surface area contributed by atoms with Crippen LogP contribution in [0.2, 0.25) is 5.02 Å². The van der Waals surface area contributed by atoms with Gasteiger partial charge in [-0.2, -0.15) is 0 Å². The standard InChI is InChI=1S/C12H10ClN3O2S/c13-9-4-3-8(11(6-9)16(17)18)7-19-12-10(14)2-1-5-15-12/h1-6H,7,14H2. The lowest BCUT2D eigenvalue weighted by molar-refractivity contribution is -0.385. The number of rotatable bonds is 4. The summed E-state index contributed by atoms with van der Waals surface area (Å²) in [5, 5.41) is 12.0. The summed E-state index contributed by atoms with van der Waals surface area (Å²) < 4.78 is 0. The average molecular weight is 296 g/mol. The number of nitrogens with zero attached hydrogens (tertiary/aromatic N) is 2. The highest BCUT2D eigenvalue weighted by Gasteiger charge is 2.15. The van der Waals surface area contributed by atoms with Crippen molar-refractivity contribution in [2.24, 2.45) is 0 Å². The molecule has 0 fully saturated rings. The number of nitrogens with two attached hydrogens (primary N) is 1. The van der Waals surface area contributed by atoms with E-state index in [1.54, 1.807) is 30.5 Å². The van der Waals surface area contributed by atoms with Crippen LogP contribution >= 0.6 is 23.4 Å². The van der Waals surface area contributed by atoms with Crippen molar-refractivity contribution in [2.45, 2.75) is 10.8 Å². The first-order valence-corrected chi connectivity index (χ1v) is 6.70. The Morgan fingerprint density at radius 1 is 1.42 bits per heavy atom. The third-order valence-electron chi connectivity index (χ3n) is 2.41. The zero-order chi connectivity index (χ0) is 13.8. The minimum Gasteiger partial charge on any atom is -0.397 e. The van der Waals surface area contributed by atoms with Gasteiger partial charge in [0.1, 0.15) is 5.03 Å². The first-order valence-electron chi connectivity index (χ1n) is 5.34. The summed E-state index contributed by atoms with van der Waals surface area (Å²) in [7, 11) is 0. The third-order valence-corrected chi connectivity index (χ3v) is 3.71. The number of nitro groups is 1. The van der Waals surface area contributed by atoms with Gasteiger partial charge < -0.3 is 5.73 Å². The molecule has 7 heteroatoms. The van der Waals surface area contributed by atoms with Crippen LogP contribution in [-0.2, 0) is 5.75 Å². The SMILES string of the molecule is Nc1cccnc1SCc1ccc(Cl)cc1[N+](=O)[O-]. The monoisotopic (exact) mass is 295 g/mol. The number of pyridine rings is 1.